The van der Waals surface area contributed by atoms with Crippen molar-refractivity contribution in [2.45, 2.75) is 0 Å². The average Bonchev–Trinajstić information content (AvgIpc) is 4.03. The van der Waals surface area contributed by atoms with Crippen LogP contribution in [0.2, 0.25) is 0 Å². The van der Waals surface area contributed by atoms with Crippen molar-refractivity contribution in [1.29, 1.82) is 0 Å². The number of halogens is 6. The number of fused-ring (bicyclic) bond motifs is 8. The van der Waals surface area contributed by atoms with E-state index in [1.807, 2.05) is 0 Å². The number of rotatable bonds is 4. The molecule has 0 amide bonds. The Hall–Kier alpha value is -7.38. The predicted molar refractivity (Wildman–Crippen MR) is 208 cm³/mol. The first-order valence-electron chi connectivity index (χ1n) is 17.3. The summed E-state index contributed by atoms with van der Waals surface area (Å²) in [5.41, 5.74) is 2.31. The van der Waals surface area contributed by atoms with Crippen LogP contribution >= 0.6 is 0 Å². The Morgan fingerprint density at radius 1 is 0.375 bits per heavy atom. The number of aromatic nitrogens is 4. The molecular weight excluding hydrogens is 723 g/mol. The van der Waals surface area contributed by atoms with E-state index in [0.717, 1.165) is 36.4 Å². The lowest BCUT2D eigenvalue weighted by Gasteiger charge is -2.09. The standard InChI is InChI=1S/C46H24F6N4/c1-2-24-12-14-25(15-13-24)40-32-16-18-34(53-32)44(41-26(47)6-3-7-27(41)48)36-20-22-38(55-36)46(43-30(51)10-5-11-31(43)52)39-23-21-37(56-39)45(35-19-17-33(40)54-35)42-28(49)8-4-9-29(42)50/h1,3-23,53,56H. The number of benzene rings is 4. The molecule has 0 spiro atoms. The minimum Gasteiger partial charge on any atom is -0.354 e. The van der Waals surface area contributed by atoms with Crippen molar-refractivity contribution in [2.24, 2.45) is 0 Å². The fourth-order valence-electron chi connectivity index (χ4n) is 7.24. The molecule has 4 nitrogen and oxygen atoms in total. The van der Waals surface area contributed by atoms with Gasteiger partial charge in [-0.15, -0.1) is 6.42 Å². The molecule has 0 saturated heterocycles. The molecule has 9 rings (SSSR count). The Bertz CT molecular complexity index is 2950. The van der Waals surface area contributed by atoms with E-state index < -0.39 is 40.5 Å². The molecule has 2 aliphatic heterocycles. The predicted octanol–water partition coefficient (Wildman–Crippen LogP) is 12.1. The molecular formula is C46H24F6N4. The van der Waals surface area contributed by atoms with Crippen molar-refractivity contribution >= 4 is 46.4 Å². The molecule has 0 fully saturated rings. The highest BCUT2D eigenvalue weighted by Crippen LogP contribution is 2.41. The van der Waals surface area contributed by atoms with Crippen LogP contribution in [0.5, 0.6) is 0 Å². The molecule has 5 heterocycles. The van der Waals surface area contributed by atoms with Gasteiger partial charge in [-0.3, -0.25) is 0 Å². The van der Waals surface area contributed by atoms with Crippen LogP contribution in [0.3, 0.4) is 0 Å². The molecule has 7 aromatic rings. The lowest BCUT2D eigenvalue weighted by atomic mass is 10.0. The number of nitrogens with zero attached hydrogens (tertiary/aromatic N) is 2. The zero-order chi connectivity index (χ0) is 38.7. The zero-order valence-electron chi connectivity index (χ0n) is 28.9. The summed E-state index contributed by atoms with van der Waals surface area (Å²) in [6, 6.07) is 23.8. The topological polar surface area (TPSA) is 57.4 Å². The minimum absolute atomic E-state index is 0.0366. The van der Waals surface area contributed by atoms with Gasteiger partial charge >= 0.3 is 0 Å². The van der Waals surface area contributed by atoms with Crippen LogP contribution in [0.4, 0.5) is 26.3 Å². The molecule has 2 aliphatic rings. The van der Waals surface area contributed by atoms with Crippen molar-refractivity contribution in [3.8, 4) is 56.9 Å². The number of hydrogen-bond acceptors (Lipinski definition) is 2. The van der Waals surface area contributed by atoms with Crippen molar-refractivity contribution in [2.75, 3.05) is 0 Å². The van der Waals surface area contributed by atoms with E-state index in [9.17, 15) is 0 Å². The van der Waals surface area contributed by atoms with E-state index in [4.69, 9.17) is 16.4 Å². The average molecular weight is 747 g/mol. The smallest absolute Gasteiger partial charge is 0.134 e. The van der Waals surface area contributed by atoms with E-state index >= 15 is 26.3 Å². The van der Waals surface area contributed by atoms with Crippen LogP contribution in [-0.2, 0) is 0 Å². The second-order valence-electron chi connectivity index (χ2n) is 13.0. The summed E-state index contributed by atoms with van der Waals surface area (Å²) in [5, 5.41) is 0. The molecule has 0 saturated carbocycles. The van der Waals surface area contributed by atoms with Gasteiger partial charge in [-0.2, -0.15) is 0 Å². The van der Waals surface area contributed by atoms with Crippen molar-refractivity contribution in [3.63, 3.8) is 0 Å². The van der Waals surface area contributed by atoms with E-state index in [2.05, 4.69) is 15.9 Å². The third-order valence-corrected chi connectivity index (χ3v) is 9.73. The van der Waals surface area contributed by atoms with Crippen LogP contribution in [0, 0.1) is 47.2 Å². The van der Waals surface area contributed by atoms with Gasteiger partial charge < -0.3 is 9.97 Å². The number of aromatic amines is 2. The lowest BCUT2D eigenvalue weighted by molar-refractivity contribution is 0.589. The lowest BCUT2D eigenvalue weighted by Crippen LogP contribution is -1.96. The Balaban J connectivity index is 1.52. The zero-order valence-corrected chi connectivity index (χ0v) is 28.9. The summed E-state index contributed by atoms with van der Waals surface area (Å²) in [6.45, 7) is 0. The normalized spacial score (nSPS) is 11.9. The summed E-state index contributed by atoms with van der Waals surface area (Å²) in [6.07, 6.45) is 11.9. The van der Waals surface area contributed by atoms with Gasteiger partial charge in [0.15, 0.2) is 0 Å². The maximum absolute atomic E-state index is 15.7. The van der Waals surface area contributed by atoms with Gasteiger partial charge in [-0.05, 0) is 103 Å². The van der Waals surface area contributed by atoms with Crippen molar-refractivity contribution < 1.29 is 26.3 Å². The van der Waals surface area contributed by atoms with Crippen LogP contribution in [0.1, 0.15) is 28.3 Å². The highest BCUT2D eigenvalue weighted by atomic mass is 19.2. The molecule has 56 heavy (non-hydrogen) atoms. The van der Waals surface area contributed by atoms with Crippen LogP contribution in [0.15, 0.2) is 103 Å². The first-order valence-corrected chi connectivity index (χ1v) is 17.3. The molecule has 0 atom stereocenters. The van der Waals surface area contributed by atoms with E-state index in [1.165, 1.54) is 42.5 Å². The Morgan fingerprint density at radius 2 is 0.679 bits per heavy atom. The Morgan fingerprint density at radius 3 is 1.00 bits per heavy atom. The van der Waals surface area contributed by atoms with Gasteiger partial charge in [-0.1, -0.05) is 36.3 Å². The molecule has 2 N–H and O–H groups in total. The highest BCUT2D eigenvalue weighted by Gasteiger charge is 2.24. The van der Waals surface area contributed by atoms with Crippen LogP contribution in [0.25, 0.3) is 90.9 Å². The van der Waals surface area contributed by atoms with Gasteiger partial charge in [0.1, 0.15) is 34.9 Å². The third-order valence-electron chi connectivity index (χ3n) is 9.73. The summed E-state index contributed by atoms with van der Waals surface area (Å²) < 4.78 is 94.4. The highest BCUT2D eigenvalue weighted by molar-refractivity contribution is 6.00. The number of nitrogens with one attached hydrogen (secondary N) is 2. The fourth-order valence-corrected chi connectivity index (χ4v) is 7.24. The molecule has 4 aromatic carbocycles. The fraction of sp³-hybridized carbons (Fsp3) is 0. The van der Waals surface area contributed by atoms with E-state index in [0.29, 0.717) is 27.9 Å². The molecule has 0 unspecified atom stereocenters. The largest absolute Gasteiger partial charge is 0.354 e. The molecule has 0 aliphatic carbocycles. The van der Waals surface area contributed by atoms with Gasteiger partial charge in [0.2, 0.25) is 0 Å². The van der Waals surface area contributed by atoms with Gasteiger partial charge in [0.05, 0.1) is 39.5 Å². The van der Waals surface area contributed by atoms with Crippen LogP contribution in [-0.4, -0.2) is 19.9 Å². The van der Waals surface area contributed by atoms with E-state index in [-0.39, 0.29) is 61.4 Å². The summed E-state index contributed by atoms with van der Waals surface area (Å²) in [7, 11) is 0. The summed E-state index contributed by atoms with van der Waals surface area (Å²) >= 11 is 0. The number of H-pyrrole nitrogens is 2. The maximum atomic E-state index is 15.7. The molecule has 10 heteroatoms. The Labute approximate surface area is 315 Å². The molecule has 8 bridgehead atoms. The van der Waals surface area contributed by atoms with Gasteiger partial charge in [-0.25, -0.2) is 36.3 Å². The molecule has 3 aromatic heterocycles. The summed E-state index contributed by atoms with van der Waals surface area (Å²) in [5.74, 6) is -2.71. The number of hydrogen-bond donors (Lipinski definition) is 2. The first kappa shape index (κ1) is 34.4. The first-order chi connectivity index (χ1) is 27.2. The monoisotopic (exact) mass is 746 g/mol. The second-order valence-corrected chi connectivity index (χ2v) is 13.0. The number of terminal acetylenes is 1. The molecule has 0 radical (unpaired) electrons. The summed E-state index contributed by atoms with van der Waals surface area (Å²) in [4.78, 5) is 16.1. The third kappa shape index (κ3) is 5.69. The Kier molecular flexibility index (Phi) is 8.28. The minimum atomic E-state index is -0.918. The SMILES string of the molecule is C#Cc1ccc(-c2c3nc(c(-c4c(F)cccc4F)c4ccc([nH]4)c(-c4c(F)cccc4F)c4nc(c(-c5c(F)cccc5F)c5ccc2[nH]5)C=C4)C=C3)cc1. The van der Waals surface area contributed by atoms with Crippen LogP contribution < -0.4 is 0 Å². The van der Waals surface area contributed by atoms with Crippen molar-refractivity contribution in [3.05, 3.63) is 166 Å². The second kappa shape index (κ2) is 13.5. The van der Waals surface area contributed by atoms with Crippen molar-refractivity contribution in [1.82, 2.24) is 19.9 Å². The van der Waals surface area contributed by atoms with E-state index in [1.54, 1.807) is 48.6 Å². The van der Waals surface area contributed by atoms with Gasteiger partial charge in [0.25, 0.3) is 0 Å². The van der Waals surface area contributed by atoms with Gasteiger partial charge in [0, 0.05) is 49.9 Å². The quantitative estimate of drug-likeness (QED) is 0.139. The molecule has 270 valence electrons. The maximum Gasteiger partial charge on any atom is 0.134 e.